The van der Waals surface area contributed by atoms with Crippen molar-refractivity contribution in [1.82, 2.24) is 9.97 Å². The third kappa shape index (κ3) is 1.96. The van der Waals surface area contributed by atoms with Crippen molar-refractivity contribution in [1.29, 1.82) is 0 Å². The molecule has 0 aliphatic rings. The van der Waals surface area contributed by atoms with Crippen LogP contribution in [0.4, 0.5) is 5.69 Å². The molecule has 2 heterocycles. The molecule has 3 N–H and O–H groups in total. The summed E-state index contributed by atoms with van der Waals surface area (Å²) < 4.78 is 0. The van der Waals surface area contributed by atoms with Gasteiger partial charge in [0.1, 0.15) is 5.65 Å². The van der Waals surface area contributed by atoms with Crippen LogP contribution in [0.3, 0.4) is 0 Å². The molecule has 94 valence electrons. The van der Waals surface area contributed by atoms with Gasteiger partial charge in [-0.15, -0.1) is 0 Å². The lowest BCUT2D eigenvalue weighted by atomic mass is 10.0. The number of rotatable bonds is 2. The van der Waals surface area contributed by atoms with E-state index in [-0.39, 0.29) is 5.78 Å². The number of hydrogen-bond donors (Lipinski definition) is 2. The van der Waals surface area contributed by atoms with Crippen molar-refractivity contribution in [3.63, 3.8) is 0 Å². The zero-order valence-electron chi connectivity index (χ0n) is 9.85. The average Bonchev–Trinajstić information content (AvgIpc) is 2.86. The Morgan fingerprint density at radius 1 is 1.21 bits per heavy atom. The fourth-order valence-corrected chi connectivity index (χ4v) is 2.22. The molecule has 0 saturated carbocycles. The first-order chi connectivity index (χ1) is 9.16. The maximum atomic E-state index is 12.5. The third-order valence-electron chi connectivity index (χ3n) is 2.96. The molecule has 0 spiro atoms. The first-order valence-electron chi connectivity index (χ1n) is 5.68. The molecule has 0 atom stereocenters. The van der Waals surface area contributed by atoms with Crippen molar-refractivity contribution in [2.24, 2.45) is 0 Å². The Morgan fingerprint density at radius 2 is 2.05 bits per heavy atom. The Morgan fingerprint density at radius 3 is 2.84 bits per heavy atom. The van der Waals surface area contributed by atoms with E-state index in [0.717, 1.165) is 5.39 Å². The van der Waals surface area contributed by atoms with E-state index in [1.807, 2.05) is 6.07 Å². The number of aromatic nitrogens is 2. The second-order valence-corrected chi connectivity index (χ2v) is 4.60. The summed E-state index contributed by atoms with van der Waals surface area (Å²) in [5.41, 5.74) is 7.91. The van der Waals surface area contributed by atoms with Gasteiger partial charge in [-0.1, -0.05) is 11.6 Å². The van der Waals surface area contributed by atoms with E-state index in [0.29, 0.717) is 27.5 Å². The van der Waals surface area contributed by atoms with Crippen LogP contribution in [0.1, 0.15) is 15.9 Å². The fourth-order valence-electron chi connectivity index (χ4n) is 2.04. The maximum Gasteiger partial charge on any atom is 0.195 e. The van der Waals surface area contributed by atoms with Gasteiger partial charge in [0.25, 0.3) is 0 Å². The van der Waals surface area contributed by atoms with Crippen LogP contribution in [-0.4, -0.2) is 15.8 Å². The molecular formula is C14H10ClN3O. The minimum atomic E-state index is -0.138. The molecule has 5 heteroatoms. The number of nitrogens with zero attached hydrogens (tertiary/aromatic N) is 1. The number of carbonyl (C=O) groups excluding carboxylic acids is 1. The fraction of sp³-hybridized carbons (Fsp3) is 0. The Balaban J connectivity index is 2.16. The van der Waals surface area contributed by atoms with Gasteiger partial charge in [0, 0.05) is 39.6 Å². The lowest BCUT2D eigenvalue weighted by Crippen LogP contribution is -2.06. The quantitative estimate of drug-likeness (QED) is 0.556. The summed E-state index contributed by atoms with van der Waals surface area (Å²) in [6.07, 6.45) is 3.35. The zero-order valence-corrected chi connectivity index (χ0v) is 10.6. The first kappa shape index (κ1) is 11.7. The lowest BCUT2D eigenvalue weighted by molar-refractivity contribution is 0.104. The number of fused-ring (bicyclic) bond motifs is 1. The summed E-state index contributed by atoms with van der Waals surface area (Å²) in [4.78, 5) is 19.7. The van der Waals surface area contributed by atoms with Gasteiger partial charge < -0.3 is 10.7 Å². The zero-order chi connectivity index (χ0) is 13.4. The number of ketones is 1. The molecule has 1 aromatic carbocycles. The maximum absolute atomic E-state index is 12.5. The molecule has 2 aromatic heterocycles. The summed E-state index contributed by atoms with van der Waals surface area (Å²) in [6.45, 7) is 0. The van der Waals surface area contributed by atoms with E-state index < -0.39 is 0 Å². The number of H-pyrrole nitrogens is 1. The largest absolute Gasteiger partial charge is 0.398 e. The third-order valence-corrected chi connectivity index (χ3v) is 3.20. The summed E-state index contributed by atoms with van der Waals surface area (Å²) >= 11 is 5.84. The van der Waals surface area contributed by atoms with E-state index in [9.17, 15) is 4.79 Å². The molecule has 0 aliphatic carbocycles. The second kappa shape index (κ2) is 4.40. The van der Waals surface area contributed by atoms with Gasteiger partial charge in [-0.25, -0.2) is 4.98 Å². The van der Waals surface area contributed by atoms with Gasteiger partial charge in [-0.3, -0.25) is 4.79 Å². The molecule has 0 saturated heterocycles. The van der Waals surface area contributed by atoms with Crippen LogP contribution in [0.5, 0.6) is 0 Å². The number of halogens is 1. The number of nitrogens with one attached hydrogen (secondary N) is 1. The van der Waals surface area contributed by atoms with Crippen molar-refractivity contribution in [3.05, 3.63) is 58.9 Å². The molecule has 3 aromatic rings. The average molecular weight is 272 g/mol. The highest BCUT2D eigenvalue weighted by Gasteiger charge is 2.16. The highest BCUT2D eigenvalue weighted by molar-refractivity contribution is 6.31. The summed E-state index contributed by atoms with van der Waals surface area (Å²) in [5.74, 6) is -0.138. The molecule has 3 rings (SSSR count). The molecule has 19 heavy (non-hydrogen) atoms. The van der Waals surface area contributed by atoms with Crippen LogP contribution in [0, 0.1) is 0 Å². The van der Waals surface area contributed by atoms with Crippen molar-refractivity contribution >= 4 is 34.1 Å². The highest BCUT2D eigenvalue weighted by Crippen LogP contribution is 2.24. The van der Waals surface area contributed by atoms with Crippen LogP contribution in [0.15, 0.2) is 42.7 Å². The first-order valence-corrected chi connectivity index (χ1v) is 6.06. The monoisotopic (exact) mass is 271 g/mol. The van der Waals surface area contributed by atoms with E-state index in [1.54, 1.807) is 36.7 Å². The van der Waals surface area contributed by atoms with Gasteiger partial charge in [0.05, 0.1) is 0 Å². The van der Waals surface area contributed by atoms with Gasteiger partial charge in [0.15, 0.2) is 5.78 Å². The Hall–Kier alpha value is -2.33. The molecular weight excluding hydrogens is 262 g/mol. The van der Waals surface area contributed by atoms with E-state index >= 15 is 0 Å². The van der Waals surface area contributed by atoms with Crippen LogP contribution >= 0.6 is 11.6 Å². The van der Waals surface area contributed by atoms with Crippen molar-refractivity contribution < 1.29 is 4.79 Å². The number of nitrogens with two attached hydrogens (primary N) is 1. The molecule has 0 amide bonds. The molecule has 0 fully saturated rings. The van der Waals surface area contributed by atoms with E-state index in [2.05, 4.69) is 9.97 Å². The topological polar surface area (TPSA) is 71.8 Å². The second-order valence-electron chi connectivity index (χ2n) is 4.16. The predicted octanol–water partition coefficient (Wildman–Crippen LogP) is 3.03. The Bertz CT molecular complexity index is 779. The number of anilines is 1. The number of benzene rings is 1. The Labute approximate surface area is 114 Å². The number of aromatic amines is 1. The molecule has 0 unspecified atom stereocenters. The number of carbonyl (C=O) groups is 1. The van der Waals surface area contributed by atoms with Gasteiger partial charge in [-0.2, -0.15) is 0 Å². The van der Waals surface area contributed by atoms with Crippen LogP contribution in [0.2, 0.25) is 5.02 Å². The standard InChI is InChI=1S/C14H10ClN3O/c15-8-1-2-11(12(16)7-8)13(19)9-3-5-17-14-10(9)4-6-18-14/h1-7H,16H2,(H,17,18). The predicted molar refractivity (Wildman–Crippen MR) is 75.4 cm³/mol. The smallest absolute Gasteiger partial charge is 0.195 e. The molecule has 0 aliphatic heterocycles. The number of hydrogen-bond acceptors (Lipinski definition) is 3. The normalized spacial score (nSPS) is 10.8. The lowest BCUT2D eigenvalue weighted by Gasteiger charge is -2.06. The van der Waals surface area contributed by atoms with Crippen LogP contribution in [-0.2, 0) is 0 Å². The van der Waals surface area contributed by atoms with E-state index in [4.69, 9.17) is 17.3 Å². The van der Waals surface area contributed by atoms with Crippen molar-refractivity contribution in [2.45, 2.75) is 0 Å². The minimum absolute atomic E-state index is 0.138. The molecule has 0 radical (unpaired) electrons. The molecule has 4 nitrogen and oxygen atoms in total. The van der Waals surface area contributed by atoms with Crippen LogP contribution in [0.25, 0.3) is 11.0 Å². The Kier molecular flexibility index (Phi) is 2.72. The summed E-state index contributed by atoms with van der Waals surface area (Å²) in [7, 11) is 0. The summed E-state index contributed by atoms with van der Waals surface area (Å²) in [6, 6.07) is 8.37. The SMILES string of the molecule is Nc1cc(Cl)ccc1C(=O)c1ccnc2[nH]ccc12. The van der Waals surface area contributed by atoms with Gasteiger partial charge >= 0.3 is 0 Å². The minimum Gasteiger partial charge on any atom is -0.398 e. The van der Waals surface area contributed by atoms with Crippen molar-refractivity contribution in [2.75, 3.05) is 5.73 Å². The van der Waals surface area contributed by atoms with Crippen molar-refractivity contribution in [3.8, 4) is 0 Å². The molecule has 0 bridgehead atoms. The number of pyridine rings is 1. The van der Waals surface area contributed by atoms with Gasteiger partial charge in [0.2, 0.25) is 0 Å². The van der Waals surface area contributed by atoms with Crippen LogP contribution < -0.4 is 5.73 Å². The highest BCUT2D eigenvalue weighted by atomic mass is 35.5. The number of nitrogen functional groups attached to an aromatic ring is 1. The summed E-state index contributed by atoms with van der Waals surface area (Å²) in [5, 5.41) is 1.29. The van der Waals surface area contributed by atoms with Gasteiger partial charge in [-0.05, 0) is 30.3 Å². The van der Waals surface area contributed by atoms with E-state index in [1.165, 1.54) is 0 Å².